The fourth-order valence-electron chi connectivity index (χ4n) is 5.29. The van der Waals surface area contributed by atoms with E-state index in [1.165, 1.54) is 0 Å². The number of carbonyl (C=O) groups is 2. The maximum Gasteiger partial charge on any atom is 0.170 e. The van der Waals surface area contributed by atoms with E-state index in [4.69, 9.17) is 16.3 Å². The number of nitrogens with zero attached hydrogens (tertiary/aromatic N) is 2. The zero-order chi connectivity index (χ0) is 32.2. The second-order valence-electron chi connectivity index (χ2n) is 12.5. The van der Waals surface area contributed by atoms with Crippen LogP contribution in [0.3, 0.4) is 0 Å². The summed E-state index contributed by atoms with van der Waals surface area (Å²) < 4.78 is 5.19. The predicted molar refractivity (Wildman–Crippen MR) is 178 cm³/mol. The molecule has 0 saturated carbocycles. The van der Waals surface area contributed by atoms with E-state index in [2.05, 4.69) is 33.6 Å². The van der Waals surface area contributed by atoms with Crippen molar-refractivity contribution < 1.29 is 14.3 Å². The summed E-state index contributed by atoms with van der Waals surface area (Å²) >= 11 is 5.94. The monoisotopic (exact) mass is 614 g/mol. The van der Waals surface area contributed by atoms with Gasteiger partial charge in [0, 0.05) is 38.1 Å². The Morgan fingerprint density at radius 2 is 1.16 bits per heavy atom. The summed E-state index contributed by atoms with van der Waals surface area (Å²) in [7, 11) is 1.63. The van der Waals surface area contributed by atoms with Gasteiger partial charge in [-0.25, -0.2) is 9.97 Å². The minimum absolute atomic E-state index is 0.176. The molecule has 2 aromatic carbocycles. The topological polar surface area (TPSA) is 69.2 Å². The molecule has 0 saturated heterocycles. The maximum absolute atomic E-state index is 12.4. The Labute approximate surface area is 270 Å². The fraction of sp³-hybridized carbons (Fsp3) is 0.282. The summed E-state index contributed by atoms with van der Waals surface area (Å²) in [4.78, 5) is 33.9. The van der Waals surface area contributed by atoms with Gasteiger partial charge >= 0.3 is 0 Å². The molecule has 2 heterocycles. The number of hydrogen-bond acceptors (Lipinski definition) is 5. The lowest BCUT2D eigenvalue weighted by atomic mass is 9.75. The summed E-state index contributed by atoms with van der Waals surface area (Å²) in [6, 6.07) is 22.4. The summed E-state index contributed by atoms with van der Waals surface area (Å²) in [6.45, 7) is 7.97. The molecule has 0 atom stereocenters. The first-order chi connectivity index (χ1) is 21.4. The number of fused-ring (bicyclic) bond motifs is 2. The number of hydrogen-bond donors (Lipinski definition) is 0. The fourth-order valence-corrected chi connectivity index (χ4v) is 5.48. The highest BCUT2D eigenvalue weighted by Gasteiger charge is 2.35. The van der Waals surface area contributed by atoms with Crippen molar-refractivity contribution in [3.05, 3.63) is 123 Å². The van der Waals surface area contributed by atoms with Gasteiger partial charge in [0.2, 0.25) is 0 Å². The van der Waals surface area contributed by atoms with Crippen LogP contribution < -0.4 is 4.74 Å². The van der Waals surface area contributed by atoms with Gasteiger partial charge in [0.15, 0.2) is 11.6 Å². The molecule has 0 amide bonds. The SMILES string of the molecule is CC1(C)CCc2nc(C#Cc3cccc(Cl)c3)ccc2C1=O.COc1cccc(C#Cc2ccc3c(n2)CCC(C)(C)C3=O)c1. The van der Waals surface area contributed by atoms with E-state index in [0.717, 1.165) is 65.1 Å². The summed E-state index contributed by atoms with van der Waals surface area (Å²) in [5.74, 6) is 13.4. The zero-order valence-corrected chi connectivity index (χ0v) is 27.0. The molecular formula is C39H35ClN2O3. The van der Waals surface area contributed by atoms with Crippen LogP contribution in [0.5, 0.6) is 5.75 Å². The normalized spacial score (nSPS) is 15.5. The van der Waals surface area contributed by atoms with Crippen molar-refractivity contribution in [1.82, 2.24) is 9.97 Å². The number of aromatic nitrogens is 2. The van der Waals surface area contributed by atoms with Crippen LogP contribution in [0.25, 0.3) is 0 Å². The first-order valence-corrected chi connectivity index (χ1v) is 15.4. The number of aryl methyl sites for hydroxylation is 2. The van der Waals surface area contributed by atoms with Crippen LogP contribution >= 0.6 is 11.6 Å². The molecule has 0 aliphatic heterocycles. The summed E-state index contributed by atoms with van der Waals surface area (Å²) in [6.07, 6.45) is 3.30. The van der Waals surface area contributed by atoms with Crippen LogP contribution in [0.2, 0.25) is 5.02 Å². The van der Waals surface area contributed by atoms with Crippen LogP contribution in [0.4, 0.5) is 0 Å². The second-order valence-corrected chi connectivity index (χ2v) is 13.0. The Kier molecular flexibility index (Phi) is 9.24. The van der Waals surface area contributed by atoms with E-state index in [0.29, 0.717) is 16.4 Å². The average Bonchev–Trinajstić information content (AvgIpc) is 3.03. The molecule has 2 aliphatic rings. The van der Waals surface area contributed by atoms with Crippen molar-refractivity contribution in [2.75, 3.05) is 7.11 Å². The lowest BCUT2D eigenvalue weighted by Crippen LogP contribution is -2.31. The third-order valence-corrected chi connectivity index (χ3v) is 8.44. The molecule has 4 aromatic rings. The van der Waals surface area contributed by atoms with Crippen molar-refractivity contribution in [2.24, 2.45) is 10.8 Å². The molecule has 0 bridgehead atoms. The van der Waals surface area contributed by atoms with Crippen LogP contribution in [0, 0.1) is 34.5 Å². The van der Waals surface area contributed by atoms with Gasteiger partial charge in [0.1, 0.15) is 17.1 Å². The quantitative estimate of drug-likeness (QED) is 0.204. The maximum atomic E-state index is 12.4. The molecule has 6 rings (SSSR count). The molecule has 2 aliphatic carbocycles. The van der Waals surface area contributed by atoms with E-state index in [1.54, 1.807) is 7.11 Å². The van der Waals surface area contributed by atoms with Gasteiger partial charge < -0.3 is 4.74 Å². The highest BCUT2D eigenvalue weighted by molar-refractivity contribution is 6.30. The number of ketones is 2. The standard InChI is InChI=1S/C20H19NO2.C19H16ClNO/c1-20(2)12-11-18-17(19(20)22)10-9-15(21-18)8-7-14-5-4-6-16(13-14)23-3;1-19(2)11-10-17-16(18(19)22)9-8-15(21-17)7-6-13-4-3-5-14(20)12-13/h4-6,9-10,13H,11-12H2,1-3H3;3-5,8-9,12H,10-11H2,1-2H3. The Bertz CT molecular complexity index is 1920. The van der Waals surface area contributed by atoms with E-state index < -0.39 is 0 Å². The number of carbonyl (C=O) groups excluding carboxylic acids is 2. The molecule has 0 fully saturated rings. The van der Waals surface area contributed by atoms with E-state index in [1.807, 2.05) is 100 Å². The first-order valence-electron chi connectivity index (χ1n) is 15.0. The highest BCUT2D eigenvalue weighted by atomic mass is 35.5. The number of rotatable bonds is 1. The molecule has 5 nitrogen and oxygen atoms in total. The van der Waals surface area contributed by atoms with Crippen molar-refractivity contribution in [2.45, 2.75) is 53.4 Å². The molecule has 45 heavy (non-hydrogen) atoms. The summed E-state index contributed by atoms with van der Waals surface area (Å²) in [5.41, 5.74) is 5.74. The van der Waals surface area contributed by atoms with Gasteiger partial charge in [-0.05, 0) is 98.2 Å². The van der Waals surface area contributed by atoms with Crippen LogP contribution in [0.15, 0.2) is 72.8 Å². The molecular weight excluding hydrogens is 580 g/mol. The lowest BCUT2D eigenvalue weighted by molar-refractivity contribution is 0.0803. The molecule has 2 aromatic heterocycles. The largest absolute Gasteiger partial charge is 0.497 e. The van der Waals surface area contributed by atoms with E-state index in [9.17, 15) is 9.59 Å². The number of Topliss-reactive ketones (excluding diaryl/α,β-unsaturated/α-hetero) is 2. The number of methoxy groups -OCH3 is 1. The Hall–Kier alpha value is -4.71. The molecule has 226 valence electrons. The van der Waals surface area contributed by atoms with Crippen molar-refractivity contribution in [3.63, 3.8) is 0 Å². The first kappa shape index (κ1) is 31.7. The molecule has 0 N–H and O–H groups in total. The Balaban J connectivity index is 0.000000178. The zero-order valence-electron chi connectivity index (χ0n) is 26.3. The number of halogens is 1. The third kappa shape index (κ3) is 7.51. The van der Waals surface area contributed by atoms with Gasteiger partial charge in [-0.3, -0.25) is 9.59 Å². The smallest absolute Gasteiger partial charge is 0.170 e. The van der Waals surface area contributed by atoms with Crippen molar-refractivity contribution in [1.29, 1.82) is 0 Å². The lowest BCUT2D eigenvalue weighted by Gasteiger charge is -2.28. The van der Waals surface area contributed by atoms with Crippen LogP contribution in [0.1, 0.15) is 95.2 Å². The van der Waals surface area contributed by atoms with E-state index in [-0.39, 0.29) is 22.4 Å². The van der Waals surface area contributed by atoms with Gasteiger partial charge in [-0.1, -0.05) is 63.3 Å². The predicted octanol–water partition coefficient (Wildman–Crippen LogP) is 7.94. The molecule has 0 spiro atoms. The number of ether oxygens (including phenoxy) is 1. The number of benzene rings is 2. The molecule has 0 radical (unpaired) electrons. The van der Waals surface area contributed by atoms with Gasteiger partial charge in [0.25, 0.3) is 0 Å². The van der Waals surface area contributed by atoms with E-state index >= 15 is 0 Å². The van der Waals surface area contributed by atoms with Crippen LogP contribution in [-0.2, 0) is 12.8 Å². The summed E-state index contributed by atoms with van der Waals surface area (Å²) in [5, 5.41) is 0.665. The molecule has 6 heteroatoms. The van der Waals surface area contributed by atoms with Crippen LogP contribution in [-0.4, -0.2) is 28.6 Å². The highest BCUT2D eigenvalue weighted by Crippen LogP contribution is 2.35. The minimum Gasteiger partial charge on any atom is -0.497 e. The Morgan fingerprint density at radius 3 is 1.64 bits per heavy atom. The number of pyridine rings is 2. The second kappa shape index (κ2) is 13.1. The Morgan fingerprint density at radius 1 is 0.667 bits per heavy atom. The van der Waals surface area contributed by atoms with Gasteiger partial charge in [0.05, 0.1) is 18.5 Å². The van der Waals surface area contributed by atoms with Gasteiger partial charge in [-0.15, -0.1) is 0 Å². The third-order valence-electron chi connectivity index (χ3n) is 8.20. The minimum atomic E-state index is -0.289. The van der Waals surface area contributed by atoms with Crippen molar-refractivity contribution in [3.8, 4) is 29.4 Å². The van der Waals surface area contributed by atoms with Gasteiger partial charge in [-0.2, -0.15) is 0 Å². The van der Waals surface area contributed by atoms with Crippen molar-refractivity contribution >= 4 is 23.2 Å². The average molecular weight is 615 g/mol. The molecule has 0 unspecified atom stereocenters.